The maximum atomic E-state index is 12.1. The number of benzene rings is 2. The van der Waals surface area contributed by atoms with Gasteiger partial charge in [-0.15, -0.1) is 0 Å². The zero-order valence-corrected chi connectivity index (χ0v) is 17.1. The van der Waals surface area contributed by atoms with Gasteiger partial charge in [0.1, 0.15) is 12.7 Å². The quantitative estimate of drug-likeness (QED) is 0.652. The molecule has 0 aliphatic heterocycles. The summed E-state index contributed by atoms with van der Waals surface area (Å²) in [5, 5.41) is 0. The van der Waals surface area contributed by atoms with E-state index in [0.29, 0.717) is 0 Å². The van der Waals surface area contributed by atoms with Crippen molar-refractivity contribution in [1.82, 2.24) is 0 Å². The van der Waals surface area contributed by atoms with Gasteiger partial charge in [0.2, 0.25) is 0 Å². The normalized spacial score (nSPS) is 13.0. The highest BCUT2D eigenvalue weighted by Gasteiger charge is 2.14. The van der Waals surface area contributed by atoms with E-state index in [4.69, 9.17) is 9.47 Å². The van der Waals surface area contributed by atoms with E-state index in [1.165, 1.54) is 0 Å². The van der Waals surface area contributed by atoms with Gasteiger partial charge in [0.25, 0.3) is 0 Å². The molecule has 0 fully saturated rings. The smallest absolute Gasteiger partial charge is 0.332 e. The molecule has 2 aromatic rings. The fraction of sp³-hybridized carbons (Fsp3) is 0.409. The van der Waals surface area contributed by atoms with Gasteiger partial charge in [-0.3, -0.25) is 0 Å². The van der Waals surface area contributed by atoms with Crippen molar-refractivity contribution in [2.45, 2.75) is 26.1 Å². The molecule has 0 aromatic heterocycles. The Morgan fingerprint density at radius 3 is 1.59 bits per heavy atom. The van der Waals surface area contributed by atoms with Gasteiger partial charge in [-0.2, -0.15) is 0 Å². The molecule has 27 heavy (non-hydrogen) atoms. The maximum absolute atomic E-state index is 12.1. The van der Waals surface area contributed by atoms with Crippen LogP contribution >= 0.6 is 0 Å². The van der Waals surface area contributed by atoms with Crippen LogP contribution in [0, 0.1) is 0 Å². The molecule has 0 spiro atoms. The summed E-state index contributed by atoms with van der Waals surface area (Å²) >= 11 is 0. The molecule has 2 aromatic carbocycles. The predicted octanol–water partition coefficient (Wildman–Crippen LogP) is 4.20. The van der Waals surface area contributed by atoms with Crippen LogP contribution in [0.25, 0.3) is 0 Å². The van der Waals surface area contributed by atoms with Gasteiger partial charge in [0, 0.05) is 39.6 Å². The van der Waals surface area contributed by atoms with Crippen LogP contribution in [0.5, 0.6) is 0 Å². The Labute approximate surface area is 162 Å². The molecular formula is C22H30N2O3. The number of carbonyl (C=O) groups is 1. The molecule has 0 N–H and O–H groups in total. The minimum atomic E-state index is -0.365. The molecule has 2 atom stereocenters. The lowest BCUT2D eigenvalue weighted by molar-refractivity contribution is -0.155. The van der Waals surface area contributed by atoms with E-state index in [0.717, 1.165) is 22.5 Å². The molecule has 0 aliphatic carbocycles. The molecule has 0 saturated carbocycles. The van der Waals surface area contributed by atoms with E-state index in [2.05, 4.69) is 0 Å². The zero-order valence-electron chi connectivity index (χ0n) is 17.1. The summed E-state index contributed by atoms with van der Waals surface area (Å²) in [6.07, 6.45) is -0.490. The van der Waals surface area contributed by atoms with Crippen molar-refractivity contribution in [2.75, 3.05) is 44.6 Å². The van der Waals surface area contributed by atoms with Gasteiger partial charge < -0.3 is 19.3 Å². The van der Waals surface area contributed by atoms with Gasteiger partial charge in [-0.25, -0.2) is 4.79 Å². The zero-order chi connectivity index (χ0) is 20.0. The van der Waals surface area contributed by atoms with Crippen molar-refractivity contribution < 1.29 is 14.3 Å². The Morgan fingerprint density at radius 1 is 0.778 bits per heavy atom. The third kappa shape index (κ3) is 6.00. The average Bonchev–Trinajstić information content (AvgIpc) is 2.66. The number of anilines is 2. The monoisotopic (exact) mass is 370 g/mol. The van der Waals surface area contributed by atoms with Crippen molar-refractivity contribution >= 4 is 17.3 Å². The van der Waals surface area contributed by atoms with Gasteiger partial charge in [0.05, 0.1) is 6.10 Å². The molecule has 0 bridgehead atoms. The molecule has 0 heterocycles. The highest BCUT2D eigenvalue weighted by Crippen LogP contribution is 2.22. The molecule has 0 aliphatic rings. The van der Waals surface area contributed by atoms with Gasteiger partial charge in [-0.1, -0.05) is 24.3 Å². The van der Waals surface area contributed by atoms with E-state index in [1.54, 1.807) is 0 Å². The fourth-order valence-electron chi connectivity index (χ4n) is 2.68. The summed E-state index contributed by atoms with van der Waals surface area (Å²) in [7, 11) is 7.98. The van der Waals surface area contributed by atoms with Crippen LogP contribution in [-0.4, -0.2) is 40.8 Å². The molecular weight excluding hydrogens is 340 g/mol. The molecule has 5 heteroatoms. The summed E-state index contributed by atoms with van der Waals surface area (Å²) in [4.78, 5) is 16.2. The van der Waals surface area contributed by atoms with Crippen LogP contribution in [0.4, 0.5) is 11.4 Å². The minimum Gasteiger partial charge on any atom is -0.456 e. The molecule has 0 saturated heterocycles. The number of hydrogen-bond acceptors (Lipinski definition) is 5. The maximum Gasteiger partial charge on any atom is 0.332 e. The predicted molar refractivity (Wildman–Crippen MR) is 110 cm³/mol. The molecule has 2 rings (SSSR count). The van der Waals surface area contributed by atoms with Crippen molar-refractivity contribution in [3.63, 3.8) is 0 Å². The summed E-state index contributed by atoms with van der Waals surface area (Å²) < 4.78 is 11.2. The fourth-order valence-corrected chi connectivity index (χ4v) is 2.68. The third-order valence-electron chi connectivity index (χ3n) is 4.52. The second-order valence-corrected chi connectivity index (χ2v) is 7.06. The summed E-state index contributed by atoms with van der Waals surface area (Å²) in [5.41, 5.74) is 4.22. The van der Waals surface area contributed by atoms with Crippen LogP contribution in [0.15, 0.2) is 48.5 Å². The second-order valence-electron chi connectivity index (χ2n) is 7.06. The first-order valence-electron chi connectivity index (χ1n) is 9.13. The van der Waals surface area contributed by atoms with Crippen molar-refractivity contribution in [3.8, 4) is 0 Å². The van der Waals surface area contributed by atoms with Crippen molar-refractivity contribution in [2.24, 2.45) is 0 Å². The van der Waals surface area contributed by atoms with Gasteiger partial charge >= 0.3 is 5.97 Å². The third-order valence-corrected chi connectivity index (χ3v) is 4.52. The summed E-state index contributed by atoms with van der Waals surface area (Å²) in [6, 6.07) is 16.1. The SMILES string of the molecule is CC(OCC(=O)OC(C)c1ccc(N(C)C)cc1)c1ccc(N(C)C)cc1. The standard InChI is InChI=1S/C22H30N2O3/c1-16(18-7-11-20(12-8-18)23(3)4)26-15-22(25)27-17(2)19-9-13-21(14-10-19)24(5)6/h7-14,16-17H,15H2,1-6H3. The Balaban J connectivity index is 1.84. The first-order valence-corrected chi connectivity index (χ1v) is 9.13. The largest absolute Gasteiger partial charge is 0.456 e. The Hall–Kier alpha value is -2.53. The number of nitrogens with zero attached hydrogens (tertiary/aromatic N) is 2. The van der Waals surface area contributed by atoms with Gasteiger partial charge in [-0.05, 0) is 49.2 Å². The van der Waals surface area contributed by atoms with E-state index in [1.807, 2.05) is 100 Å². The van der Waals surface area contributed by atoms with E-state index < -0.39 is 0 Å². The highest BCUT2D eigenvalue weighted by molar-refractivity contribution is 5.71. The lowest BCUT2D eigenvalue weighted by Gasteiger charge is -2.18. The average molecular weight is 370 g/mol. The number of carbonyl (C=O) groups excluding carboxylic acids is 1. The van der Waals surface area contributed by atoms with Crippen LogP contribution in [0.1, 0.15) is 37.2 Å². The van der Waals surface area contributed by atoms with Crippen molar-refractivity contribution in [1.29, 1.82) is 0 Å². The lowest BCUT2D eigenvalue weighted by atomic mass is 10.1. The first kappa shape index (κ1) is 20.8. The van der Waals surface area contributed by atoms with E-state index in [-0.39, 0.29) is 24.8 Å². The topological polar surface area (TPSA) is 42.0 Å². The highest BCUT2D eigenvalue weighted by atomic mass is 16.6. The van der Waals surface area contributed by atoms with Crippen LogP contribution in [0.2, 0.25) is 0 Å². The second kappa shape index (κ2) is 9.42. The molecule has 2 unspecified atom stereocenters. The molecule has 0 amide bonds. The Kier molecular flexibility index (Phi) is 7.25. The number of rotatable bonds is 8. The summed E-state index contributed by atoms with van der Waals surface area (Å²) in [6.45, 7) is 3.73. The van der Waals surface area contributed by atoms with Crippen molar-refractivity contribution in [3.05, 3.63) is 59.7 Å². The molecule has 0 radical (unpaired) electrons. The lowest BCUT2D eigenvalue weighted by Crippen LogP contribution is -2.16. The number of ether oxygens (including phenoxy) is 2. The Morgan fingerprint density at radius 2 is 1.19 bits per heavy atom. The first-order chi connectivity index (χ1) is 12.8. The summed E-state index contributed by atoms with van der Waals surface area (Å²) in [5.74, 6) is -0.365. The minimum absolute atomic E-state index is 0.0727. The van der Waals surface area contributed by atoms with E-state index in [9.17, 15) is 4.79 Å². The van der Waals surface area contributed by atoms with Crippen LogP contribution in [0.3, 0.4) is 0 Å². The van der Waals surface area contributed by atoms with Crippen LogP contribution < -0.4 is 9.80 Å². The van der Waals surface area contributed by atoms with Crippen LogP contribution in [-0.2, 0) is 14.3 Å². The van der Waals surface area contributed by atoms with Gasteiger partial charge in [0.15, 0.2) is 0 Å². The Bertz CT molecular complexity index is 724. The number of esters is 1. The molecule has 146 valence electrons. The molecule has 5 nitrogen and oxygen atoms in total. The number of hydrogen-bond donors (Lipinski definition) is 0. The van der Waals surface area contributed by atoms with E-state index >= 15 is 0 Å².